The second-order valence-corrected chi connectivity index (χ2v) is 13.4. The molecule has 8 aromatic rings. The van der Waals surface area contributed by atoms with Gasteiger partial charge in [0.25, 0.3) is 0 Å². The van der Waals surface area contributed by atoms with Crippen molar-refractivity contribution < 1.29 is 0 Å². The molecule has 268 valence electrons. The van der Waals surface area contributed by atoms with Gasteiger partial charge in [0.1, 0.15) is 11.4 Å². The molecule has 0 amide bonds. The molecule has 0 unspecified atom stereocenters. The first-order valence-corrected chi connectivity index (χ1v) is 18.8. The van der Waals surface area contributed by atoms with E-state index in [1.54, 1.807) is 0 Å². The van der Waals surface area contributed by atoms with Gasteiger partial charge in [-0.15, -0.1) is 0 Å². The molecule has 0 fully saturated rings. The van der Waals surface area contributed by atoms with Gasteiger partial charge in [0.2, 0.25) is 0 Å². The maximum atomic E-state index is 5.47. The predicted molar refractivity (Wildman–Crippen MR) is 228 cm³/mol. The third kappa shape index (κ3) is 7.16. The molecule has 4 nitrogen and oxygen atoms in total. The van der Waals surface area contributed by atoms with Crippen LogP contribution in [0.15, 0.2) is 263 Å². The van der Waals surface area contributed by atoms with Gasteiger partial charge in [-0.3, -0.25) is 0 Å². The summed E-state index contributed by atoms with van der Waals surface area (Å²) < 4.78 is 0. The maximum Gasteiger partial charge on any atom is 0.157 e. The molecule has 0 N–H and O–H groups in total. The minimum atomic E-state index is -0.982. The van der Waals surface area contributed by atoms with Crippen molar-refractivity contribution in [3.8, 4) is 0 Å². The first-order valence-electron chi connectivity index (χ1n) is 18.8. The van der Waals surface area contributed by atoms with E-state index in [0.717, 1.165) is 44.5 Å². The van der Waals surface area contributed by atoms with E-state index in [-0.39, 0.29) is 0 Å². The minimum absolute atomic E-state index is 0.593. The van der Waals surface area contributed by atoms with Gasteiger partial charge in [0, 0.05) is 11.1 Å². The molecule has 0 saturated carbocycles. The van der Waals surface area contributed by atoms with E-state index >= 15 is 0 Å². The Kier molecular flexibility index (Phi) is 10.7. The molecule has 0 heterocycles. The number of nitrogens with zero attached hydrogens (tertiary/aromatic N) is 4. The monoisotopic (exact) mass is 720 g/mol. The lowest BCUT2D eigenvalue weighted by molar-refractivity contribution is 0.616. The van der Waals surface area contributed by atoms with Crippen LogP contribution in [0.2, 0.25) is 0 Å². The quantitative estimate of drug-likeness (QED) is 0.0685. The maximum absolute atomic E-state index is 5.47. The van der Waals surface area contributed by atoms with Crippen molar-refractivity contribution in [2.24, 2.45) is 20.5 Å². The van der Waals surface area contributed by atoms with E-state index in [4.69, 9.17) is 20.5 Å². The summed E-state index contributed by atoms with van der Waals surface area (Å²) in [5, 5.41) is 21.6. The van der Waals surface area contributed by atoms with Crippen LogP contribution in [0, 0.1) is 0 Å². The second-order valence-electron chi connectivity index (χ2n) is 13.4. The lowest BCUT2D eigenvalue weighted by Crippen LogP contribution is -2.27. The Hall–Kier alpha value is -7.30. The molecule has 0 atom stereocenters. The van der Waals surface area contributed by atoms with Gasteiger partial charge in [-0.05, 0) is 33.4 Å². The van der Waals surface area contributed by atoms with Crippen LogP contribution in [-0.4, -0.2) is 0 Å². The lowest BCUT2D eigenvalue weighted by atomic mass is 9.78. The topological polar surface area (TPSA) is 49.4 Å². The van der Waals surface area contributed by atoms with Crippen molar-refractivity contribution >= 4 is 11.4 Å². The molecule has 8 rings (SSSR count). The zero-order valence-electron chi connectivity index (χ0n) is 30.9. The molecule has 0 bridgehead atoms. The molecule has 56 heavy (non-hydrogen) atoms. The highest BCUT2D eigenvalue weighted by Crippen LogP contribution is 2.44. The first-order chi connectivity index (χ1) is 27.8. The average Bonchev–Trinajstić information content (AvgIpc) is 3.30. The summed E-state index contributed by atoms with van der Waals surface area (Å²) in [5.74, 6) is 0. The SMILES string of the molecule is c1ccc(/C(N=NC(c2ccccc2)(c2ccccc2)c2ccccc2)=C(/N=NC(c2ccccc2)(c2ccccc2)c2ccccc2)c2ccccc2)cc1. The van der Waals surface area contributed by atoms with Crippen molar-refractivity contribution in [1.29, 1.82) is 0 Å². The normalized spacial score (nSPS) is 12.4. The Balaban J connectivity index is 1.45. The van der Waals surface area contributed by atoms with Crippen LogP contribution in [-0.2, 0) is 11.1 Å². The average molecular weight is 721 g/mol. The highest BCUT2D eigenvalue weighted by molar-refractivity contribution is 5.89. The van der Waals surface area contributed by atoms with Gasteiger partial charge in [0.15, 0.2) is 11.1 Å². The number of benzene rings is 8. The molecule has 0 radical (unpaired) electrons. The summed E-state index contributed by atoms with van der Waals surface area (Å²) in [5.41, 5.74) is 6.91. The molecule has 0 spiro atoms. The third-order valence-electron chi connectivity index (χ3n) is 10.1. The van der Waals surface area contributed by atoms with E-state index in [9.17, 15) is 0 Å². The second kappa shape index (κ2) is 16.8. The van der Waals surface area contributed by atoms with Crippen LogP contribution in [0.4, 0.5) is 0 Å². The van der Waals surface area contributed by atoms with Crippen LogP contribution < -0.4 is 0 Å². The fourth-order valence-corrected chi connectivity index (χ4v) is 7.35. The molecule has 8 aromatic carbocycles. The smallest absolute Gasteiger partial charge is 0.157 e. The Bertz CT molecular complexity index is 2150. The number of rotatable bonds is 12. The van der Waals surface area contributed by atoms with Crippen molar-refractivity contribution in [3.05, 3.63) is 287 Å². The summed E-state index contributed by atoms with van der Waals surface area (Å²) in [7, 11) is 0. The first kappa shape index (κ1) is 35.7. The largest absolute Gasteiger partial charge is 0.167 e. The van der Waals surface area contributed by atoms with Crippen LogP contribution in [0.5, 0.6) is 0 Å². The van der Waals surface area contributed by atoms with Crippen molar-refractivity contribution in [2.45, 2.75) is 11.1 Å². The Labute approximate surface area is 328 Å². The minimum Gasteiger partial charge on any atom is -0.167 e. The van der Waals surface area contributed by atoms with Crippen LogP contribution in [0.3, 0.4) is 0 Å². The van der Waals surface area contributed by atoms with Crippen LogP contribution in [0.25, 0.3) is 11.4 Å². The van der Waals surface area contributed by atoms with E-state index in [1.165, 1.54) is 0 Å². The lowest BCUT2D eigenvalue weighted by Gasteiger charge is -2.31. The fraction of sp³-hybridized carbons (Fsp3) is 0.0385. The van der Waals surface area contributed by atoms with Crippen molar-refractivity contribution in [2.75, 3.05) is 0 Å². The van der Waals surface area contributed by atoms with E-state index < -0.39 is 11.1 Å². The highest BCUT2D eigenvalue weighted by atomic mass is 15.2. The molecular formula is C52H40N4. The van der Waals surface area contributed by atoms with Gasteiger partial charge in [-0.1, -0.05) is 243 Å². The van der Waals surface area contributed by atoms with Gasteiger partial charge in [-0.2, -0.15) is 20.5 Å². The number of azo groups is 2. The molecule has 0 aliphatic rings. The summed E-state index contributed by atoms with van der Waals surface area (Å²) in [6.45, 7) is 0. The molecular weight excluding hydrogens is 681 g/mol. The number of hydrogen-bond acceptors (Lipinski definition) is 4. The van der Waals surface area contributed by atoms with Crippen molar-refractivity contribution in [1.82, 2.24) is 0 Å². The van der Waals surface area contributed by atoms with E-state index in [2.05, 4.69) is 170 Å². The summed E-state index contributed by atoms with van der Waals surface area (Å²) in [4.78, 5) is 0. The number of hydrogen-bond donors (Lipinski definition) is 0. The molecule has 4 heteroatoms. The van der Waals surface area contributed by atoms with Gasteiger partial charge in [-0.25, -0.2) is 0 Å². The summed E-state index contributed by atoms with van der Waals surface area (Å²) in [6.07, 6.45) is 0. The van der Waals surface area contributed by atoms with Gasteiger partial charge < -0.3 is 0 Å². The molecule has 0 aliphatic carbocycles. The zero-order valence-corrected chi connectivity index (χ0v) is 30.9. The fourth-order valence-electron chi connectivity index (χ4n) is 7.35. The van der Waals surface area contributed by atoms with E-state index in [0.29, 0.717) is 11.4 Å². The van der Waals surface area contributed by atoms with Crippen molar-refractivity contribution in [3.63, 3.8) is 0 Å². The summed E-state index contributed by atoms with van der Waals surface area (Å²) in [6, 6.07) is 82.6. The highest BCUT2D eigenvalue weighted by Gasteiger charge is 2.38. The standard InChI is InChI=1S/C52H40N4/c1-9-25-41(26-10-1)49(53-55-51(43-29-13-3-14-30-43,44-31-15-4-16-32-44)45-33-17-5-18-34-45)50(42-27-11-2-12-28-42)54-56-52(46-35-19-6-20-36-46,47-37-21-7-22-38-47)48-39-23-8-24-40-48/h1-40H/b50-49-,55-53?,56-54?. The molecule has 0 saturated heterocycles. The van der Waals surface area contributed by atoms with Gasteiger partial charge in [0.05, 0.1) is 0 Å². The van der Waals surface area contributed by atoms with Gasteiger partial charge >= 0.3 is 0 Å². The summed E-state index contributed by atoms with van der Waals surface area (Å²) >= 11 is 0. The third-order valence-corrected chi connectivity index (χ3v) is 10.1. The molecule has 0 aliphatic heterocycles. The predicted octanol–water partition coefficient (Wildman–Crippen LogP) is 13.4. The van der Waals surface area contributed by atoms with Crippen LogP contribution in [0.1, 0.15) is 44.5 Å². The van der Waals surface area contributed by atoms with E-state index in [1.807, 2.05) is 72.8 Å². The Morgan fingerprint density at radius 2 is 0.411 bits per heavy atom. The molecule has 0 aromatic heterocycles. The zero-order chi connectivity index (χ0) is 37.9. The Morgan fingerprint density at radius 1 is 0.232 bits per heavy atom. The Morgan fingerprint density at radius 3 is 0.607 bits per heavy atom. The van der Waals surface area contributed by atoms with Crippen LogP contribution >= 0.6 is 0 Å².